The molecule has 0 aliphatic rings. The highest BCUT2D eigenvalue weighted by atomic mass is 16.6. The van der Waals surface area contributed by atoms with E-state index in [1.54, 1.807) is 20.8 Å². The second kappa shape index (κ2) is 4.27. The summed E-state index contributed by atoms with van der Waals surface area (Å²) in [6.45, 7) is 5.15. The lowest BCUT2D eigenvalue weighted by atomic mass is 10.2. The van der Waals surface area contributed by atoms with E-state index >= 15 is 0 Å². The van der Waals surface area contributed by atoms with Gasteiger partial charge in [0.15, 0.2) is 0 Å². The van der Waals surface area contributed by atoms with Gasteiger partial charge in [-0.3, -0.25) is 0 Å². The van der Waals surface area contributed by atoms with Crippen molar-refractivity contribution < 1.29 is 14.6 Å². The first-order chi connectivity index (χ1) is 5.37. The first-order valence-corrected chi connectivity index (χ1v) is 3.73. The number of carbonyl (C=O) groups is 1. The number of hydrogen-bond acceptors (Lipinski definition) is 4. The maximum atomic E-state index is 11.0. The second-order valence-electron chi connectivity index (χ2n) is 3.40. The van der Waals surface area contributed by atoms with Gasteiger partial charge in [0.1, 0.15) is 5.60 Å². The number of carbonyl (C=O) groups excluding carboxylic acids is 1. The smallest absolute Gasteiger partial charge is 0.424 e. The highest BCUT2D eigenvalue weighted by Gasteiger charge is 2.19. The van der Waals surface area contributed by atoms with Crippen LogP contribution in [0.4, 0.5) is 4.79 Å². The zero-order valence-corrected chi connectivity index (χ0v) is 7.70. The molecule has 0 atom stereocenters. The molecule has 72 valence electrons. The molecule has 0 unspecified atom stereocenters. The molecular weight excluding hydrogens is 160 g/mol. The maximum absolute atomic E-state index is 11.0. The van der Waals surface area contributed by atoms with Crippen molar-refractivity contribution in [3.05, 3.63) is 0 Å². The third-order valence-corrected chi connectivity index (χ3v) is 0.969. The minimum atomic E-state index is -0.628. The summed E-state index contributed by atoms with van der Waals surface area (Å²) in [4.78, 5) is 11.0. The summed E-state index contributed by atoms with van der Waals surface area (Å²) in [7, 11) is 0. The van der Waals surface area contributed by atoms with Crippen molar-refractivity contribution in [1.29, 1.82) is 0 Å². The summed E-state index contributed by atoms with van der Waals surface area (Å²) in [5.74, 6) is 5.23. The molecule has 3 N–H and O–H groups in total. The Morgan fingerprint density at radius 1 is 1.58 bits per heavy atom. The van der Waals surface area contributed by atoms with Gasteiger partial charge in [-0.25, -0.2) is 15.6 Å². The lowest BCUT2D eigenvalue weighted by molar-refractivity contribution is 0.0217. The van der Waals surface area contributed by atoms with Crippen LogP contribution in [0.5, 0.6) is 0 Å². The summed E-state index contributed by atoms with van der Waals surface area (Å²) >= 11 is 0. The van der Waals surface area contributed by atoms with Crippen LogP contribution in [0.25, 0.3) is 0 Å². The molecule has 0 rings (SSSR count). The Hall–Kier alpha value is -0.810. The largest absolute Gasteiger partial charge is 0.443 e. The van der Waals surface area contributed by atoms with Crippen molar-refractivity contribution in [2.45, 2.75) is 26.4 Å². The predicted molar refractivity (Wildman–Crippen MR) is 44.2 cm³/mol. The van der Waals surface area contributed by atoms with Crippen LogP contribution in [0.15, 0.2) is 0 Å². The fourth-order valence-corrected chi connectivity index (χ4v) is 0.520. The molecule has 0 aliphatic heterocycles. The molecule has 0 heterocycles. The fraction of sp³-hybridized carbons (Fsp3) is 0.857. The standard InChI is InChI=1S/C7H16N2O3/c1-7(2,3)12-6(11)9(8)4-5-10/h10H,4-5,8H2,1-3H3. The molecule has 0 aliphatic carbocycles. The normalized spacial score (nSPS) is 11.1. The molecule has 5 heteroatoms. The number of hydrogen-bond donors (Lipinski definition) is 2. The highest BCUT2D eigenvalue weighted by molar-refractivity contribution is 5.67. The summed E-state index contributed by atoms with van der Waals surface area (Å²) in [6, 6.07) is 0. The van der Waals surface area contributed by atoms with Crippen LogP contribution in [-0.2, 0) is 4.74 Å². The molecule has 0 spiro atoms. The number of nitrogens with two attached hydrogens (primary N) is 1. The van der Waals surface area contributed by atoms with E-state index < -0.39 is 11.7 Å². The minimum Gasteiger partial charge on any atom is -0.443 e. The molecule has 0 aromatic heterocycles. The average molecular weight is 176 g/mol. The van der Waals surface area contributed by atoms with Crippen LogP contribution >= 0.6 is 0 Å². The first-order valence-electron chi connectivity index (χ1n) is 3.73. The van der Waals surface area contributed by atoms with E-state index in [2.05, 4.69) is 0 Å². The predicted octanol–water partition coefficient (Wildman–Crippen LogP) is 0.0895. The molecule has 0 aromatic carbocycles. The van der Waals surface area contributed by atoms with E-state index in [4.69, 9.17) is 15.7 Å². The number of ether oxygens (including phenoxy) is 1. The van der Waals surface area contributed by atoms with E-state index in [0.29, 0.717) is 0 Å². The van der Waals surface area contributed by atoms with Gasteiger partial charge in [-0.1, -0.05) is 0 Å². The Bertz CT molecular complexity index is 153. The van der Waals surface area contributed by atoms with Crippen molar-refractivity contribution in [2.75, 3.05) is 13.2 Å². The zero-order valence-electron chi connectivity index (χ0n) is 7.70. The summed E-state index contributed by atoms with van der Waals surface area (Å²) in [5, 5.41) is 9.29. The van der Waals surface area contributed by atoms with Gasteiger partial charge < -0.3 is 9.84 Å². The summed E-state index contributed by atoms with van der Waals surface area (Å²) in [6.07, 6.45) is -0.628. The topological polar surface area (TPSA) is 75.8 Å². The van der Waals surface area contributed by atoms with Gasteiger partial charge >= 0.3 is 6.09 Å². The van der Waals surface area contributed by atoms with Crippen molar-refractivity contribution in [3.63, 3.8) is 0 Å². The molecule has 0 fully saturated rings. The number of nitrogens with zero attached hydrogens (tertiary/aromatic N) is 1. The summed E-state index contributed by atoms with van der Waals surface area (Å²) < 4.78 is 4.90. The molecule has 0 saturated carbocycles. The van der Waals surface area contributed by atoms with E-state index in [0.717, 1.165) is 5.01 Å². The Balaban J connectivity index is 3.87. The van der Waals surface area contributed by atoms with E-state index in [1.807, 2.05) is 0 Å². The molecule has 0 saturated heterocycles. The molecule has 0 radical (unpaired) electrons. The molecule has 0 aromatic rings. The van der Waals surface area contributed by atoms with E-state index in [-0.39, 0.29) is 13.2 Å². The first kappa shape index (κ1) is 11.2. The van der Waals surface area contributed by atoms with Gasteiger partial charge in [-0.05, 0) is 20.8 Å². The van der Waals surface area contributed by atoms with Crippen LogP contribution in [0, 0.1) is 0 Å². The number of hydrazine groups is 1. The quantitative estimate of drug-likeness (QED) is 0.355. The van der Waals surface area contributed by atoms with Crippen LogP contribution in [-0.4, -0.2) is 35.0 Å². The Morgan fingerprint density at radius 3 is 2.42 bits per heavy atom. The van der Waals surface area contributed by atoms with Gasteiger partial charge in [0.2, 0.25) is 0 Å². The van der Waals surface area contributed by atoms with Crippen molar-refractivity contribution >= 4 is 6.09 Å². The molecule has 12 heavy (non-hydrogen) atoms. The Morgan fingerprint density at radius 2 is 2.08 bits per heavy atom. The van der Waals surface area contributed by atoms with Crippen molar-refractivity contribution in [3.8, 4) is 0 Å². The number of aliphatic hydroxyl groups is 1. The monoisotopic (exact) mass is 176 g/mol. The number of aliphatic hydroxyl groups excluding tert-OH is 1. The Labute approximate surface area is 72.1 Å². The van der Waals surface area contributed by atoms with Gasteiger partial charge in [-0.2, -0.15) is 0 Å². The minimum absolute atomic E-state index is 0.0783. The second-order valence-corrected chi connectivity index (χ2v) is 3.40. The van der Waals surface area contributed by atoms with Crippen LogP contribution in [0.1, 0.15) is 20.8 Å². The molecule has 5 nitrogen and oxygen atoms in total. The molecule has 1 amide bonds. The number of amides is 1. The average Bonchev–Trinajstić information content (AvgIpc) is 1.84. The van der Waals surface area contributed by atoms with Crippen molar-refractivity contribution in [2.24, 2.45) is 5.84 Å². The Kier molecular flexibility index (Phi) is 3.99. The van der Waals surface area contributed by atoms with Gasteiger partial charge in [0, 0.05) is 0 Å². The third-order valence-electron chi connectivity index (χ3n) is 0.969. The fourth-order valence-electron chi connectivity index (χ4n) is 0.520. The lowest BCUT2D eigenvalue weighted by Gasteiger charge is -2.23. The van der Waals surface area contributed by atoms with Crippen LogP contribution in [0.2, 0.25) is 0 Å². The number of rotatable bonds is 2. The van der Waals surface area contributed by atoms with Crippen molar-refractivity contribution in [1.82, 2.24) is 5.01 Å². The van der Waals surface area contributed by atoms with Gasteiger partial charge in [0.25, 0.3) is 0 Å². The third kappa shape index (κ3) is 4.92. The van der Waals surface area contributed by atoms with Crippen LogP contribution < -0.4 is 5.84 Å². The van der Waals surface area contributed by atoms with Crippen LogP contribution in [0.3, 0.4) is 0 Å². The van der Waals surface area contributed by atoms with Gasteiger partial charge in [-0.15, -0.1) is 0 Å². The zero-order chi connectivity index (χ0) is 9.78. The maximum Gasteiger partial charge on any atom is 0.424 e. The SMILES string of the molecule is CC(C)(C)OC(=O)N(N)CCO. The highest BCUT2D eigenvalue weighted by Crippen LogP contribution is 2.07. The lowest BCUT2D eigenvalue weighted by Crippen LogP contribution is -2.42. The van der Waals surface area contributed by atoms with E-state index in [1.165, 1.54) is 0 Å². The van der Waals surface area contributed by atoms with E-state index in [9.17, 15) is 4.79 Å². The molecule has 0 bridgehead atoms. The summed E-state index contributed by atoms with van der Waals surface area (Å²) in [5.41, 5.74) is -0.551. The molecular formula is C7H16N2O3. The van der Waals surface area contributed by atoms with Gasteiger partial charge in [0.05, 0.1) is 13.2 Å².